The Labute approximate surface area is 179 Å². The summed E-state index contributed by atoms with van der Waals surface area (Å²) in [6, 6.07) is -1.05. The first-order valence-corrected chi connectivity index (χ1v) is 10.4. The van der Waals surface area contributed by atoms with E-state index in [9.17, 15) is 24.3 Å². The van der Waals surface area contributed by atoms with Crippen molar-refractivity contribution in [3.8, 4) is 0 Å². The number of hydrogen-bond acceptors (Lipinski definition) is 6. The molecule has 3 amide bonds. The largest absolute Gasteiger partial charge is 0.477 e. The van der Waals surface area contributed by atoms with Gasteiger partial charge < -0.3 is 25.4 Å². The van der Waals surface area contributed by atoms with E-state index in [1.165, 1.54) is 11.0 Å². The van der Waals surface area contributed by atoms with Crippen molar-refractivity contribution >= 4 is 23.9 Å². The molecule has 3 fully saturated rings. The zero-order chi connectivity index (χ0) is 22.3. The summed E-state index contributed by atoms with van der Waals surface area (Å²) in [4.78, 5) is 53.5. The van der Waals surface area contributed by atoms with E-state index in [0.29, 0.717) is 56.5 Å². The molecular weight excluding hydrogens is 404 g/mol. The number of nitrogens with zero attached hydrogens (tertiary/aromatic N) is 3. The molecule has 4 heterocycles. The van der Waals surface area contributed by atoms with Crippen LogP contribution >= 0.6 is 0 Å². The number of hydrogen-bond donors (Lipinski definition) is 2. The molecule has 0 aromatic carbocycles. The highest BCUT2D eigenvalue weighted by Gasteiger charge is 2.51. The van der Waals surface area contributed by atoms with Crippen LogP contribution in [0.4, 0.5) is 4.79 Å². The maximum absolute atomic E-state index is 13.0. The lowest BCUT2D eigenvalue weighted by Crippen LogP contribution is -2.69. The monoisotopic (exact) mass is 430 g/mol. The fourth-order valence-corrected chi connectivity index (χ4v) is 4.82. The van der Waals surface area contributed by atoms with Gasteiger partial charge in [-0.05, 0) is 37.3 Å². The summed E-state index contributed by atoms with van der Waals surface area (Å²) in [6.45, 7) is 5.08. The highest BCUT2D eigenvalue weighted by atomic mass is 16.6. The standard InChI is InChI=1S/C21H26N4O6/c1-2-9-31-21(30)23-7-6-14(11-23)24-8-5-13(18(24)26)10-12-3-4-15-16(22)19(27)25(15)17(12)20(28)29/h2,10,14-16H,1,3-9,11,22H2,(H,28,29)/b13-10-/t14-,15-,16+/m1/s1. The summed E-state index contributed by atoms with van der Waals surface area (Å²) >= 11 is 0. The predicted molar refractivity (Wildman–Crippen MR) is 108 cm³/mol. The average Bonchev–Trinajstić information content (AvgIpc) is 3.38. The lowest BCUT2D eigenvalue weighted by molar-refractivity contribution is -0.152. The first-order valence-electron chi connectivity index (χ1n) is 10.4. The quantitative estimate of drug-likeness (QED) is 0.362. The van der Waals surface area contributed by atoms with Crippen LogP contribution < -0.4 is 5.73 Å². The third-order valence-corrected chi connectivity index (χ3v) is 6.42. The second-order valence-corrected chi connectivity index (χ2v) is 8.19. The molecule has 4 aliphatic heterocycles. The summed E-state index contributed by atoms with van der Waals surface area (Å²) < 4.78 is 5.06. The van der Waals surface area contributed by atoms with Crippen LogP contribution in [-0.4, -0.2) is 88.0 Å². The van der Waals surface area contributed by atoms with Gasteiger partial charge in [-0.2, -0.15) is 0 Å². The van der Waals surface area contributed by atoms with E-state index in [4.69, 9.17) is 10.5 Å². The number of amides is 3. The minimum Gasteiger partial charge on any atom is -0.477 e. The molecule has 166 valence electrons. The average molecular weight is 430 g/mol. The van der Waals surface area contributed by atoms with Gasteiger partial charge in [0.25, 0.3) is 0 Å². The van der Waals surface area contributed by atoms with Gasteiger partial charge in [0.1, 0.15) is 18.3 Å². The number of nitrogens with two attached hydrogens (primary N) is 1. The van der Waals surface area contributed by atoms with Crippen LogP contribution in [0.15, 0.2) is 35.6 Å². The van der Waals surface area contributed by atoms with Gasteiger partial charge in [-0.3, -0.25) is 14.5 Å². The van der Waals surface area contributed by atoms with Crippen molar-refractivity contribution in [2.24, 2.45) is 5.73 Å². The van der Waals surface area contributed by atoms with Gasteiger partial charge in [0.2, 0.25) is 11.8 Å². The molecule has 0 spiro atoms. The smallest absolute Gasteiger partial charge is 0.410 e. The van der Waals surface area contributed by atoms with Crippen LogP contribution in [0.3, 0.4) is 0 Å². The van der Waals surface area contributed by atoms with Crippen LogP contribution in [0.1, 0.15) is 25.7 Å². The highest BCUT2D eigenvalue weighted by Crippen LogP contribution is 2.37. The number of fused-ring (bicyclic) bond motifs is 1. The summed E-state index contributed by atoms with van der Waals surface area (Å²) in [6.07, 6.45) is 4.88. The molecule has 10 nitrogen and oxygen atoms in total. The van der Waals surface area contributed by atoms with Crippen LogP contribution in [0.2, 0.25) is 0 Å². The van der Waals surface area contributed by atoms with Crippen molar-refractivity contribution in [1.29, 1.82) is 0 Å². The first-order chi connectivity index (χ1) is 14.8. The van der Waals surface area contributed by atoms with E-state index in [1.54, 1.807) is 15.9 Å². The van der Waals surface area contributed by atoms with Crippen molar-refractivity contribution in [3.63, 3.8) is 0 Å². The Kier molecular flexibility index (Phi) is 5.57. The number of likely N-dealkylation sites (tertiary alicyclic amines) is 2. The van der Waals surface area contributed by atoms with E-state index in [2.05, 4.69) is 6.58 Å². The lowest BCUT2D eigenvalue weighted by Gasteiger charge is -2.48. The summed E-state index contributed by atoms with van der Waals surface area (Å²) in [7, 11) is 0. The molecule has 3 saturated heterocycles. The van der Waals surface area contributed by atoms with E-state index in [-0.39, 0.29) is 30.3 Å². The third-order valence-electron chi connectivity index (χ3n) is 6.42. The molecule has 0 bridgehead atoms. The van der Waals surface area contributed by atoms with Crippen molar-refractivity contribution in [3.05, 3.63) is 35.6 Å². The number of aliphatic carboxylic acids is 1. The molecule has 0 unspecified atom stereocenters. The van der Waals surface area contributed by atoms with Crippen LogP contribution in [0.25, 0.3) is 0 Å². The number of carboxylic acid groups (broad SMARTS) is 1. The summed E-state index contributed by atoms with van der Waals surface area (Å²) in [5, 5.41) is 9.67. The molecule has 10 heteroatoms. The molecule has 0 aromatic heterocycles. The number of β-lactam (4-membered cyclic amide) rings is 1. The van der Waals surface area contributed by atoms with Crippen molar-refractivity contribution < 1.29 is 29.0 Å². The van der Waals surface area contributed by atoms with Gasteiger partial charge in [-0.1, -0.05) is 12.7 Å². The van der Waals surface area contributed by atoms with Crippen LogP contribution in [0, 0.1) is 0 Å². The van der Waals surface area contributed by atoms with Crippen molar-refractivity contribution in [2.45, 2.75) is 43.8 Å². The van der Waals surface area contributed by atoms with E-state index >= 15 is 0 Å². The Balaban J connectivity index is 1.48. The van der Waals surface area contributed by atoms with Crippen molar-refractivity contribution in [2.75, 3.05) is 26.2 Å². The highest BCUT2D eigenvalue weighted by molar-refractivity contribution is 6.01. The van der Waals surface area contributed by atoms with Crippen LogP contribution in [-0.2, 0) is 19.1 Å². The molecule has 4 rings (SSSR count). The summed E-state index contributed by atoms with van der Waals surface area (Å²) in [5.74, 6) is -1.74. The maximum atomic E-state index is 13.0. The Morgan fingerprint density at radius 2 is 2.00 bits per heavy atom. The Bertz CT molecular complexity index is 910. The Morgan fingerprint density at radius 3 is 2.71 bits per heavy atom. The third kappa shape index (κ3) is 3.60. The molecule has 3 N–H and O–H groups in total. The zero-order valence-corrected chi connectivity index (χ0v) is 17.2. The Morgan fingerprint density at radius 1 is 1.23 bits per heavy atom. The molecule has 0 aliphatic carbocycles. The topological polar surface area (TPSA) is 133 Å². The number of carboxylic acids is 1. The number of carbonyl (C=O) groups excluding carboxylic acids is 3. The van der Waals surface area contributed by atoms with Gasteiger partial charge in [0, 0.05) is 25.2 Å². The minimum absolute atomic E-state index is 0.0706. The summed E-state index contributed by atoms with van der Waals surface area (Å²) in [5.41, 5.74) is 6.73. The van der Waals surface area contributed by atoms with E-state index in [0.717, 1.165) is 0 Å². The molecule has 0 saturated carbocycles. The zero-order valence-electron chi connectivity index (χ0n) is 17.2. The van der Waals surface area contributed by atoms with Gasteiger partial charge in [0.05, 0.1) is 12.1 Å². The molecule has 3 atom stereocenters. The SMILES string of the molecule is C=CCOC(=O)N1CC[C@@H](N2CC/C(=C/C3=C(C(=O)O)N4C(=O)[C@@H](N)[C@H]4CC3)C2=O)C1. The normalized spacial score (nSPS) is 29.4. The lowest BCUT2D eigenvalue weighted by atomic mass is 9.83. The number of allylic oxidation sites excluding steroid dienone is 2. The van der Waals surface area contributed by atoms with Crippen molar-refractivity contribution in [1.82, 2.24) is 14.7 Å². The predicted octanol–water partition coefficient (Wildman–Crippen LogP) is 0.213. The number of rotatable bonds is 5. The second kappa shape index (κ2) is 8.18. The molecule has 0 aromatic rings. The second-order valence-electron chi connectivity index (χ2n) is 8.19. The Hall–Kier alpha value is -3.14. The van der Waals surface area contributed by atoms with Gasteiger partial charge in [-0.15, -0.1) is 0 Å². The van der Waals surface area contributed by atoms with E-state index < -0.39 is 24.0 Å². The first kappa shape index (κ1) is 21.1. The van der Waals surface area contributed by atoms with Crippen LogP contribution in [0.5, 0.6) is 0 Å². The maximum Gasteiger partial charge on any atom is 0.410 e. The number of ether oxygens (including phenoxy) is 1. The molecule has 4 aliphatic rings. The van der Waals surface area contributed by atoms with Gasteiger partial charge in [-0.25, -0.2) is 9.59 Å². The fraction of sp³-hybridized carbons (Fsp3) is 0.524. The fourth-order valence-electron chi connectivity index (χ4n) is 4.82. The van der Waals surface area contributed by atoms with Gasteiger partial charge in [0.15, 0.2) is 0 Å². The molecular formula is C21H26N4O6. The minimum atomic E-state index is -1.19. The van der Waals surface area contributed by atoms with Gasteiger partial charge >= 0.3 is 12.1 Å². The number of carbonyl (C=O) groups is 4. The molecule has 0 radical (unpaired) electrons. The van der Waals surface area contributed by atoms with E-state index in [1.807, 2.05) is 0 Å². The molecule has 31 heavy (non-hydrogen) atoms.